The fourth-order valence-electron chi connectivity index (χ4n) is 3.05. The van der Waals surface area contributed by atoms with Crippen LogP contribution in [0.15, 0.2) is 78.9 Å². The summed E-state index contributed by atoms with van der Waals surface area (Å²) in [5, 5.41) is 3.58. The molecular weight excluding hydrogens is 384 g/mol. The molecule has 0 saturated heterocycles. The second-order valence-corrected chi connectivity index (χ2v) is 7.20. The number of para-hydroxylation sites is 1. The molecule has 0 spiro atoms. The summed E-state index contributed by atoms with van der Waals surface area (Å²) in [7, 11) is 1.69. The van der Waals surface area contributed by atoms with Crippen LogP contribution >= 0.6 is 11.6 Å². The lowest BCUT2D eigenvalue weighted by atomic mass is 10.1. The number of likely N-dealkylation sites (N-methyl/N-ethyl adjacent to an activating group) is 1. The van der Waals surface area contributed by atoms with E-state index in [0.29, 0.717) is 22.8 Å². The summed E-state index contributed by atoms with van der Waals surface area (Å²) in [6.45, 7) is 0.527. The van der Waals surface area contributed by atoms with Crippen LogP contribution in [0.5, 0.6) is 0 Å². The van der Waals surface area contributed by atoms with E-state index in [1.54, 1.807) is 37.4 Å². The molecule has 0 radical (unpaired) electrons. The highest BCUT2D eigenvalue weighted by molar-refractivity contribution is 6.30. The fourth-order valence-corrected chi connectivity index (χ4v) is 3.17. The van der Waals surface area contributed by atoms with Crippen LogP contribution in [-0.2, 0) is 17.6 Å². The van der Waals surface area contributed by atoms with Crippen LogP contribution in [0.3, 0.4) is 0 Å². The van der Waals surface area contributed by atoms with Crippen LogP contribution in [0.4, 0.5) is 5.69 Å². The first-order valence-electron chi connectivity index (χ1n) is 9.47. The number of hydrogen-bond acceptors (Lipinski definition) is 2. The molecule has 0 atom stereocenters. The molecule has 0 aliphatic carbocycles. The van der Waals surface area contributed by atoms with E-state index < -0.39 is 0 Å². The van der Waals surface area contributed by atoms with Gasteiger partial charge in [-0.05, 0) is 41.8 Å². The second kappa shape index (κ2) is 9.89. The van der Waals surface area contributed by atoms with Crippen molar-refractivity contribution in [3.8, 4) is 0 Å². The maximum atomic E-state index is 12.7. The first-order chi connectivity index (χ1) is 14.0. The normalized spacial score (nSPS) is 10.4. The van der Waals surface area contributed by atoms with Crippen molar-refractivity contribution in [3.63, 3.8) is 0 Å². The molecule has 3 aromatic rings. The van der Waals surface area contributed by atoms with Crippen molar-refractivity contribution in [1.29, 1.82) is 0 Å². The molecule has 1 N–H and O–H groups in total. The Kier molecular flexibility index (Phi) is 7.04. The Morgan fingerprint density at radius 3 is 2.24 bits per heavy atom. The summed E-state index contributed by atoms with van der Waals surface area (Å²) >= 11 is 5.90. The van der Waals surface area contributed by atoms with E-state index in [1.807, 2.05) is 48.5 Å². The molecule has 0 aromatic heterocycles. The van der Waals surface area contributed by atoms with Crippen LogP contribution < -0.4 is 10.2 Å². The van der Waals surface area contributed by atoms with Crippen molar-refractivity contribution in [3.05, 3.63) is 101 Å². The zero-order valence-corrected chi connectivity index (χ0v) is 17.0. The molecule has 0 aliphatic rings. The number of rotatable bonds is 7. The summed E-state index contributed by atoms with van der Waals surface area (Å²) < 4.78 is 0. The molecule has 2 amide bonds. The second-order valence-electron chi connectivity index (χ2n) is 6.76. The highest BCUT2D eigenvalue weighted by Crippen LogP contribution is 2.20. The maximum Gasteiger partial charge on any atom is 0.253 e. The van der Waals surface area contributed by atoms with Gasteiger partial charge in [-0.2, -0.15) is 0 Å². The molecule has 3 aromatic carbocycles. The lowest BCUT2D eigenvalue weighted by Crippen LogP contribution is -2.32. The van der Waals surface area contributed by atoms with Crippen LogP contribution in [0.25, 0.3) is 0 Å². The summed E-state index contributed by atoms with van der Waals surface area (Å²) in [6, 6.07) is 24.3. The van der Waals surface area contributed by atoms with Crippen molar-refractivity contribution >= 4 is 29.1 Å². The molecule has 148 valence electrons. The Morgan fingerprint density at radius 1 is 0.862 bits per heavy atom. The first kappa shape index (κ1) is 20.6. The zero-order valence-electron chi connectivity index (χ0n) is 16.3. The third-order valence-corrected chi connectivity index (χ3v) is 4.95. The molecule has 0 aliphatic heterocycles. The molecule has 0 heterocycles. The maximum absolute atomic E-state index is 12.7. The number of hydrogen-bond donors (Lipinski definition) is 1. The van der Waals surface area contributed by atoms with Gasteiger partial charge in [0.2, 0.25) is 5.91 Å². The number of nitrogens with zero attached hydrogens (tertiary/aromatic N) is 1. The standard InChI is InChI=1S/C24H23ClN2O2/c1-27(23(28)17-19-11-13-20(25)14-12-19)22-10-6-5-9-21(22)24(29)26-16-15-18-7-3-2-4-8-18/h2-14H,15-17H2,1H3,(H,26,29). The number of benzene rings is 3. The summed E-state index contributed by atoms with van der Waals surface area (Å²) in [5.74, 6) is -0.292. The Labute approximate surface area is 176 Å². The van der Waals surface area contributed by atoms with E-state index in [-0.39, 0.29) is 18.2 Å². The van der Waals surface area contributed by atoms with Gasteiger partial charge in [-0.15, -0.1) is 0 Å². The monoisotopic (exact) mass is 406 g/mol. The first-order valence-corrected chi connectivity index (χ1v) is 9.84. The molecule has 0 saturated carbocycles. The molecular formula is C24H23ClN2O2. The predicted molar refractivity (Wildman–Crippen MR) is 117 cm³/mol. The van der Waals surface area contributed by atoms with E-state index in [9.17, 15) is 9.59 Å². The quantitative estimate of drug-likeness (QED) is 0.627. The van der Waals surface area contributed by atoms with Gasteiger partial charge in [0.1, 0.15) is 0 Å². The minimum absolute atomic E-state index is 0.100. The largest absolute Gasteiger partial charge is 0.352 e. The van der Waals surface area contributed by atoms with Crippen LogP contribution in [-0.4, -0.2) is 25.4 Å². The number of anilines is 1. The van der Waals surface area contributed by atoms with Crippen molar-refractivity contribution in [1.82, 2.24) is 5.32 Å². The Hall–Kier alpha value is -3.11. The molecule has 0 unspecified atom stereocenters. The molecule has 4 nitrogen and oxygen atoms in total. The van der Waals surface area contributed by atoms with Gasteiger partial charge in [0.05, 0.1) is 17.7 Å². The van der Waals surface area contributed by atoms with Gasteiger partial charge in [-0.3, -0.25) is 9.59 Å². The van der Waals surface area contributed by atoms with Gasteiger partial charge in [-0.25, -0.2) is 0 Å². The lowest BCUT2D eigenvalue weighted by Gasteiger charge is -2.20. The number of carbonyl (C=O) groups is 2. The predicted octanol–water partition coefficient (Wildman–Crippen LogP) is 4.52. The lowest BCUT2D eigenvalue weighted by molar-refractivity contribution is -0.117. The van der Waals surface area contributed by atoms with Crippen molar-refractivity contribution in [2.75, 3.05) is 18.5 Å². The van der Waals surface area contributed by atoms with E-state index in [4.69, 9.17) is 11.6 Å². The number of nitrogens with one attached hydrogen (secondary N) is 1. The van der Waals surface area contributed by atoms with Crippen LogP contribution in [0.1, 0.15) is 21.5 Å². The van der Waals surface area contributed by atoms with E-state index in [1.165, 1.54) is 4.90 Å². The van der Waals surface area contributed by atoms with Crippen molar-refractivity contribution < 1.29 is 9.59 Å². The van der Waals surface area contributed by atoms with Gasteiger partial charge < -0.3 is 10.2 Å². The van der Waals surface area contributed by atoms with E-state index in [2.05, 4.69) is 5.32 Å². The van der Waals surface area contributed by atoms with E-state index >= 15 is 0 Å². The van der Waals surface area contributed by atoms with Gasteiger partial charge >= 0.3 is 0 Å². The van der Waals surface area contributed by atoms with Crippen molar-refractivity contribution in [2.24, 2.45) is 0 Å². The van der Waals surface area contributed by atoms with Gasteiger partial charge in [-0.1, -0.05) is 66.2 Å². The van der Waals surface area contributed by atoms with Gasteiger partial charge in [0, 0.05) is 18.6 Å². The molecule has 3 rings (SSSR count). The Morgan fingerprint density at radius 2 is 1.52 bits per heavy atom. The van der Waals surface area contributed by atoms with Crippen molar-refractivity contribution in [2.45, 2.75) is 12.8 Å². The molecule has 29 heavy (non-hydrogen) atoms. The minimum Gasteiger partial charge on any atom is -0.352 e. The molecule has 5 heteroatoms. The van der Waals surface area contributed by atoms with E-state index in [0.717, 1.165) is 17.5 Å². The highest BCUT2D eigenvalue weighted by Gasteiger charge is 2.18. The fraction of sp³-hybridized carbons (Fsp3) is 0.167. The van der Waals surface area contributed by atoms with Crippen LogP contribution in [0.2, 0.25) is 5.02 Å². The number of carbonyl (C=O) groups excluding carboxylic acids is 2. The minimum atomic E-state index is -0.192. The smallest absolute Gasteiger partial charge is 0.253 e. The number of halogens is 1. The zero-order chi connectivity index (χ0) is 20.6. The SMILES string of the molecule is CN(C(=O)Cc1ccc(Cl)cc1)c1ccccc1C(=O)NCCc1ccccc1. The summed E-state index contributed by atoms with van der Waals surface area (Å²) in [5.41, 5.74) is 3.10. The summed E-state index contributed by atoms with van der Waals surface area (Å²) in [4.78, 5) is 27.0. The van der Waals surface area contributed by atoms with Crippen LogP contribution in [0, 0.1) is 0 Å². The third kappa shape index (κ3) is 5.69. The molecule has 0 fully saturated rings. The Bertz CT molecular complexity index is 972. The van der Waals surface area contributed by atoms with Gasteiger partial charge in [0.15, 0.2) is 0 Å². The third-order valence-electron chi connectivity index (χ3n) is 4.69. The number of amides is 2. The highest BCUT2D eigenvalue weighted by atomic mass is 35.5. The topological polar surface area (TPSA) is 49.4 Å². The average molecular weight is 407 g/mol. The molecule has 0 bridgehead atoms. The average Bonchev–Trinajstić information content (AvgIpc) is 2.75. The van der Waals surface area contributed by atoms with Gasteiger partial charge in [0.25, 0.3) is 5.91 Å². The Balaban J connectivity index is 1.65. The summed E-state index contributed by atoms with van der Waals surface area (Å²) in [6.07, 6.45) is 0.984.